The molecule has 1 aromatic carbocycles. The largest absolute Gasteiger partial charge is 0.492 e. The van der Waals surface area contributed by atoms with Gasteiger partial charge >= 0.3 is 0 Å². The van der Waals surface area contributed by atoms with Crippen molar-refractivity contribution in [1.29, 1.82) is 0 Å². The van der Waals surface area contributed by atoms with E-state index in [4.69, 9.17) is 4.74 Å². The van der Waals surface area contributed by atoms with E-state index >= 15 is 0 Å². The molecule has 0 bridgehead atoms. The lowest BCUT2D eigenvalue weighted by Crippen LogP contribution is -2.41. The summed E-state index contributed by atoms with van der Waals surface area (Å²) in [6.45, 7) is 2.73. The molecule has 1 heterocycles. The van der Waals surface area contributed by atoms with Crippen LogP contribution in [0.15, 0.2) is 46.7 Å². The Hall–Kier alpha value is -1.37. The smallest absolute Gasteiger partial charge is 0.244 e. The second-order valence-corrected chi connectivity index (χ2v) is 9.21. The maximum absolute atomic E-state index is 12.9. The van der Waals surface area contributed by atoms with E-state index in [2.05, 4.69) is 22.2 Å². The molecule has 0 unspecified atom stereocenters. The highest BCUT2D eigenvalue weighted by Crippen LogP contribution is 2.41. The first-order valence-corrected chi connectivity index (χ1v) is 11.2. The molecule has 1 fully saturated rings. The molecule has 136 valence electrons. The Labute approximate surface area is 154 Å². The Morgan fingerprint density at radius 2 is 1.88 bits per heavy atom. The van der Waals surface area contributed by atoms with Gasteiger partial charge in [-0.1, -0.05) is 37.5 Å². The van der Waals surface area contributed by atoms with Crippen LogP contribution in [0.5, 0.6) is 5.75 Å². The minimum Gasteiger partial charge on any atom is -0.492 e. The molecule has 4 nitrogen and oxygen atoms in total. The van der Waals surface area contributed by atoms with Crippen molar-refractivity contribution in [2.75, 3.05) is 13.2 Å². The first-order valence-electron chi connectivity index (χ1n) is 8.83. The predicted octanol–water partition coefficient (Wildman–Crippen LogP) is 4.33. The lowest BCUT2D eigenvalue weighted by Gasteiger charge is -2.36. The van der Waals surface area contributed by atoms with Crippen LogP contribution >= 0.6 is 11.3 Å². The molecule has 1 N–H and O–H groups in total. The van der Waals surface area contributed by atoms with Gasteiger partial charge in [-0.2, -0.15) is 0 Å². The van der Waals surface area contributed by atoms with Gasteiger partial charge in [0.05, 0.1) is 6.61 Å². The molecule has 25 heavy (non-hydrogen) atoms. The number of para-hydroxylation sites is 1. The number of sulfonamides is 1. The van der Waals surface area contributed by atoms with Gasteiger partial charge in [0, 0.05) is 16.8 Å². The molecular weight excluding hydrogens is 354 g/mol. The number of benzene rings is 1. The van der Waals surface area contributed by atoms with Crippen LogP contribution in [0.4, 0.5) is 0 Å². The van der Waals surface area contributed by atoms with Crippen molar-refractivity contribution >= 4 is 21.4 Å². The Morgan fingerprint density at radius 3 is 2.56 bits per heavy atom. The molecule has 0 atom stereocenters. The average molecular weight is 380 g/mol. The molecule has 0 radical (unpaired) electrons. The van der Waals surface area contributed by atoms with Gasteiger partial charge in [0.15, 0.2) is 0 Å². The van der Waals surface area contributed by atoms with Gasteiger partial charge < -0.3 is 4.74 Å². The number of nitrogens with one attached hydrogen (secondary N) is 1. The van der Waals surface area contributed by atoms with E-state index in [0.29, 0.717) is 18.9 Å². The maximum atomic E-state index is 12.9. The van der Waals surface area contributed by atoms with Crippen LogP contribution in [0.3, 0.4) is 0 Å². The summed E-state index contributed by atoms with van der Waals surface area (Å²) in [6, 6.07) is 11.0. The molecule has 3 rings (SSSR count). The summed E-state index contributed by atoms with van der Waals surface area (Å²) in [4.78, 5) is 1.50. The fraction of sp³-hybridized carbons (Fsp3) is 0.474. The molecular formula is C19H25NO3S2. The van der Waals surface area contributed by atoms with Crippen LogP contribution in [0.25, 0.3) is 0 Å². The van der Waals surface area contributed by atoms with Gasteiger partial charge in [-0.25, -0.2) is 13.1 Å². The lowest BCUT2D eigenvalue weighted by atomic mass is 9.73. The zero-order valence-corrected chi connectivity index (χ0v) is 16.2. The lowest BCUT2D eigenvalue weighted by molar-refractivity contribution is 0.297. The van der Waals surface area contributed by atoms with Crippen molar-refractivity contribution in [1.82, 2.24) is 4.72 Å². The van der Waals surface area contributed by atoms with Crippen molar-refractivity contribution in [3.63, 3.8) is 0 Å². The Kier molecular flexibility index (Phi) is 5.81. The fourth-order valence-electron chi connectivity index (χ4n) is 3.58. The first kappa shape index (κ1) is 18.4. The Balaban J connectivity index is 1.83. The number of hydrogen-bond acceptors (Lipinski definition) is 4. The van der Waals surface area contributed by atoms with Crippen molar-refractivity contribution in [3.8, 4) is 5.75 Å². The standard InChI is InChI=1S/C19H25NO3S2/c1-2-23-16-9-4-5-10-17(16)25(21,22)20-15-19(12-6-3-7-13-19)18-11-8-14-24-18/h4-5,8-11,14,20H,2-3,6-7,12-13,15H2,1H3. The third-order valence-corrected chi connectivity index (χ3v) is 7.45. The highest BCUT2D eigenvalue weighted by atomic mass is 32.2. The number of rotatable bonds is 7. The van der Waals surface area contributed by atoms with Crippen molar-refractivity contribution in [3.05, 3.63) is 46.7 Å². The summed E-state index contributed by atoms with van der Waals surface area (Å²) in [5.41, 5.74) is -0.0833. The third kappa shape index (κ3) is 4.07. The van der Waals surface area contributed by atoms with E-state index in [1.807, 2.05) is 6.92 Å². The van der Waals surface area contributed by atoms with Gasteiger partial charge in [-0.05, 0) is 43.3 Å². The van der Waals surface area contributed by atoms with Crippen LogP contribution in [0, 0.1) is 0 Å². The minimum atomic E-state index is -3.61. The van der Waals surface area contributed by atoms with Crippen molar-refractivity contribution in [2.45, 2.75) is 49.3 Å². The SMILES string of the molecule is CCOc1ccccc1S(=O)(=O)NCC1(c2cccs2)CCCCC1. The van der Waals surface area contributed by atoms with E-state index in [9.17, 15) is 8.42 Å². The van der Waals surface area contributed by atoms with E-state index in [-0.39, 0.29) is 10.3 Å². The zero-order valence-electron chi connectivity index (χ0n) is 14.5. The molecule has 0 amide bonds. The van der Waals surface area contributed by atoms with Gasteiger partial charge in [0.2, 0.25) is 10.0 Å². The fourth-order valence-corrected chi connectivity index (χ4v) is 5.84. The summed E-state index contributed by atoms with van der Waals surface area (Å²) >= 11 is 1.73. The van der Waals surface area contributed by atoms with Gasteiger partial charge in [0.25, 0.3) is 0 Å². The molecule has 2 aromatic rings. The zero-order chi connectivity index (χ0) is 17.8. The summed E-state index contributed by atoms with van der Waals surface area (Å²) in [6.07, 6.45) is 5.59. The Morgan fingerprint density at radius 1 is 1.12 bits per heavy atom. The second-order valence-electron chi connectivity index (χ2n) is 6.52. The normalized spacial score (nSPS) is 17.3. The number of ether oxygens (including phenoxy) is 1. The van der Waals surface area contributed by atoms with Crippen LogP contribution in [0.2, 0.25) is 0 Å². The first-order chi connectivity index (χ1) is 12.1. The second kappa shape index (κ2) is 7.89. The summed E-state index contributed by atoms with van der Waals surface area (Å²) in [7, 11) is -3.61. The summed E-state index contributed by atoms with van der Waals surface area (Å²) < 4.78 is 34.2. The van der Waals surface area contributed by atoms with E-state index in [1.165, 1.54) is 11.3 Å². The van der Waals surface area contributed by atoms with Crippen molar-refractivity contribution in [2.24, 2.45) is 0 Å². The number of hydrogen-bond donors (Lipinski definition) is 1. The average Bonchev–Trinajstić information content (AvgIpc) is 3.17. The van der Waals surface area contributed by atoms with Gasteiger partial charge in [-0.3, -0.25) is 0 Å². The van der Waals surface area contributed by atoms with Gasteiger partial charge in [0.1, 0.15) is 10.6 Å². The molecule has 0 spiro atoms. The van der Waals surface area contributed by atoms with Gasteiger partial charge in [-0.15, -0.1) is 11.3 Å². The van der Waals surface area contributed by atoms with Crippen LogP contribution in [-0.4, -0.2) is 21.6 Å². The van der Waals surface area contributed by atoms with Crippen LogP contribution in [-0.2, 0) is 15.4 Å². The highest BCUT2D eigenvalue weighted by Gasteiger charge is 2.36. The quantitative estimate of drug-likeness (QED) is 0.779. The molecule has 1 aliphatic rings. The highest BCUT2D eigenvalue weighted by molar-refractivity contribution is 7.89. The predicted molar refractivity (Wildman–Crippen MR) is 102 cm³/mol. The van der Waals surface area contributed by atoms with E-state index < -0.39 is 10.0 Å². The van der Waals surface area contributed by atoms with Crippen molar-refractivity contribution < 1.29 is 13.2 Å². The Bertz CT molecular complexity index is 779. The molecule has 0 aliphatic heterocycles. The van der Waals surface area contributed by atoms with Crippen LogP contribution in [0.1, 0.15) is 43.9 Å². The third-order valence-electron chi connectivity index (χ3n) is 4.89. The number of thiophene rings is 1. The monoisotopic (exact) mass is 379 g/mol. The molecule has 0 saturated heterocycles. The summed E-state index contributed by atoms with van der Waals surface area (Å²) in [5.74, 6) is 0.409. The maximum Gasteiger partial charge on any atom is 0.244 e. The molecule has 1 saturated carbocycles. The molecule has 1 aromatic heterocycles. The van der Waals surface area contributed by atoms with E-state index in [0.717, 1.165) is 25.7 Å². The minimum absolute atomic E-state index is 0.0833. The summed E-state index contributed by atoms with van der Waals surface area (Å²) in [5, 5.41) is 2.07. The topological polar surface area (TPSA) is 55.4 Å². The van der Waals surface area contributed by atoms with Crippen LogP contribution < -0.4 is 9.46 Å². The molecule has 6 heteroatoms. The van der Waals surface area contributed by atoms with E-state index in [1.54, 1.807) is 35.6 Å². The molecule has 1 aliphatic carbocycles.